The number of alkyl halides is 3. The van der Waals surface area contributed by atoms with Crippen LogP contribution in [-0.4, -0.2) is 54.6 Å². The van der Waals surface area contributed by atoms with Crippen LogP contribution < -0.4 is 14.8 Å². The Balaban J connectivity index is 1.71. The number of aromatic nitrogens is 2. The normalized spacial score (nSPS) is 18.2. The van der Waals surface area contributed by atoms with Crippen molar-refractivity contribution in [1.82, 2.24) is 9.78 Å². The predicted octanol–water partition coefficient (Wildman–Crippen LogP) is 3.25. The molecule has 0 bridgehead atoms. The van der Waals surface area contributed by atoms with Crippen molar-refractivity contribution < 1.29 is 37.0 Å². The molecule has 0 unspecified atom stereocenters. The minimum atomic E-state index is -4.51. The van der Waals surface area contributed by atoms with Crippen LogP contribution in [0.2, 0.25) is 0 Å². The summed E-state index contributed by atoms with van der Waals surface area (Å²) in [6.07, 6.45) is -4.73. The van der Waals surface area contributed by atoms with Gasteiger partial charge in [0.1, 0.15) is 5.82 Å². The summed E-state index contributed by atoms with van der Waals surface area (Å²) in [5.74, 6) is -0.700. The number of ketones is 1. The fourth-order valence-corrected chi connectivity index (χ4v) is 3.16. The fraction of sp³-hybridized carbons (Fsp3) is 0.421. The second-order valence-corrected chi connectivity index (χ2v) is 6.77. The van der Waals surface area contributed by atoms with Gasteiger partial charge in [0.2, 0.25) is 0 Å². The molecule has 162 valence electrons. The van der Waals surface area contributed by atoms with Crippen LogP contribution in [0, 0.1) is 0 Å². The van der Waals surface area contributed by atoms with Crippen molar-refractivity contribution in [3.8, 4) is 11.5 Å². The summed E-state index contributed by atoms with van der Waals surface area (Å²) < 4.78 is 55.8. The third-order valence-electron chi connectivity index (χ3n) is 4.63. The molecule has 2 heterocycles. The van der Waals surface area contributed by atoms with Crippen LogP contribution in [0.4, 0.5) is 19.0 Å². The predicted molar refractivity (Wildman–Crippen MR) is 99.2 cm³/mol. The van der Waals surface area contributed by atoms with Crippen LogP contribution >= 0.6 is 0 Å². The Morgan fingerprint density at radius 3 is 2.53 bits per heavy atom. The molecule has 3 rings (SSSR count). The molecule has 0 aliphatic carbocycles. The topological polar surface area (TPSA) is 91.7 Å². The van der Waals surface area contributed by atoms with Crippen LogP contribution in [0.15, 0.2) is 24.3 Å². The lowest BCUT2D eigenvalue weighted by Gasteiger charge is -2.31. The number of nitrogens with one attached hydrogen (secondary N) is 1. The molecule has 0 saturated carbocycles. The first-order valence-corrected chi connectivity index (χ1v) is 8.99. The van der Waals surface area contributed by atoms with Gasteiger partial charge in [-0.2, -0.15) is 18.3 Å². The third-order valence-corrected chi connectivity index (χ3v) is 4.63. The number of fused-ring (bicyclic) bond motifs is 1. The van der Waals surface area contributed by atoms with Crippen molar-refractivity contribution in [2.24, 2.45) is 0 Å². The molecule has 0 fully saturated rings. The fourth-order valence-electron chi connectivity index (χ4n) is 3.16. The molecular weight excluding hydrogens is 407 g/mol. The molecule has 8 nitrogen and oxygen atoms in total. The van der Waals surface area contributed by atoms with E-state index in [0.29, 0.717) is 11.5 Å². The molecule has 0 amide bonds. The summed E-state index contributed by atoms with van der Waals surface area (Å²) >= 11 is 0. The first kappa shape index (κ1) is 21.5. The van der Waals surface area contributed by atoms with Gasteiger partial charge in [0, 0.05) is 17.7 Å². The number of hydrogen-bond donors (Lipinski definition) is 1. The zero-order valence-corrected chi connectivity index (χ0v) is 16.4. The van der Waals surface area contributed by atoms with Gasteiger partial charge in [-0.1, -0.05) is 0 Å². The number of halogens is 3. The highest BCUT2D eigenvalue weighted by molar-refractivity contribution is 5.99. The SMILES string of the molecule is COc1ccc(C(=O)COC(=O)c2cc3n(n2)[C@H](C(F)(F)F)C[C@H](C)N3)cc1OC. The molecule has 0 spiro atoms. The first-order valence-electron chi connectivity index (χ1n) is 8.99. The van der Waals surface area contributed by atoms with Gasteiger partial charge in [-0.05, 0) is 31.5 Å². The lowest BCUT2D eigenvalue weighted by atomic mass is 10.1. The Hall–Kier alpha value is -3.24. The highest BCUT2D eigenvalue weighted by Crippen LogP contribution is 2.39. The van der Waals surface area contributed by atoms with Crippen molar-refractivity contribution in [3.05, 3.63) is 35.5 Å². The summed E-state index contributed by atoms with van der Waals surface area (Å²) in [7, 11) is 2.86. The van der Waals surface area contributed by atoms with E-state index in [4.69, 9.17) is 14.2 Å². The maximum Gasteiger partial charge on any atom is 0.410 e. The summed E-state index contributed by atoms with van der Waals surface area (Å²) in [6.45, 7) is 0.998. The number of rotatable bonds is 6. The van der Waals surface area contributed by atoms with Crippen LogP contribution in [0.3, 0.4) is 0 Å². The number of ether oxygens (including phenoxy) is 3. The van der Waals surface area contributed by atoms with Gasteiger partial charge in [-0.25, -0.2) is 9.48 Å². The smallest absolute Gasteiger partial charge is 0.410 e. The van der Waals surface area contributed by atoms with Gasteiger partial charge >= 0.3 is 12.1 Å². The minimum absolute atomic E-state index is 0.0641. The molecule has 11 heteroatoms. The molecule has 1 aromatic heterocycles. The molecule has 1 aromatic carbocycles. The van der Waals surface area contributed by atoms with E-state index in [2.05, 4.69) is 10.4 Å². The number of esters is 1. The van der Waals surface area contributed by atoms with E-state index in [1.165, 1.54) is 38.5 Å². The zero-order valence-electron chi connectivity index (χ0n) is 16.4. The quantitative estimate of drug-likeness (QED) is 0.559. The number of hydrogen-bond acceptors (Lipinski definition) is 7. The van der Waals surface area contributed by atoms with Crippen LogP contribution in [-0.2, 0) is 4.74 Å². The largest absolute Gasteiger partial charge is 0.493 e. The van der Waals surface area contributed by atoms with Crippen molar-refractivity contribution in [2.45, 2.75) is 31.6 Å². The van der Waals surface area contributed by atoms with Crippen molar-refractivity contribution in [3.63, 3.8) is 0 Å². The Bertz CT molecular complexity index is 957. The maximum atomic E-state index is 13.3. The Morgan fingerprint density at radius 2 is 1.90 bits per heavy atom. The van der Waals surface area contributed by atoms with Crippen molar-refractivity contribution in [2.75, 3.05) is 26.1 Å². The zero-order chi connectivity index (χ0) is 22.1. The lowest BCUT2D eigenvalue weighted by Crippen LogP contribution is -2.37. The van der Waals surface area contributed by atoms with Crippen LogP contribution in [0.1, 0.15) is 40.2 Å². The van der Waals surface area contributed by atoms with E-state index in [-0.39, 0.29) is 23.5 Å². The van der Waals surface area contributed by atoms with E-state index in [0.717, 1.165) is 4.68 Å². The molecule has 1 aliphatic heterocycles. The molecular formula is C19H20F3N3O5. The van der Waals surface area contributed by atoms with Gasteiger partial charge in [0.25, 0.3) is 0 Å². The average Bonchev–Trinajstić information content (AvgIpc) is 3.13. The standard InChI is InChI=1S/C19H20F3N3O5/c1-10-6-16(19(20,21)22)25-17(23-10)8-12(24-25)18(27)30-9-13(26)11-4-5-14(28-2)15(7-11)29-3/h4-5,7-8,10,16,23H,6,9H2,1-3H3/t10-,16-/m0/s1. The number of anilines is 1. The summed E-state index contributed by atoms with van der Waals surface area (Å²) in [5, 5.41) is 6.60. The summed E-state index contributed by atoms with van der Waals surface area (Å²) in [4.78, 5) is 24.6. The van der Waals surface area contributed by atoms with E-state index in [1.807, 2.05) is 0 Å². The lowest BCUT2D eigenvalue weighted by molar-refractivity contribution is -0.173. The Kier molecular flexibility index (Phi) is 5.90. The molecule has 1 aliphatic rings. The van der Waals surface area contributed by atoms with E-state index in [1.54, 1.807) is 6.92 Å². The highest BCUT2D eigenvalue weighted by Gasteiger charge is 2.45. The van der Waals surface area contributed by atoms with Gasteiger partial charge in [0.05, 0.1) is 14.2 Å². The van der Waals surface area contributed by atoms with Crippen LogP contribution in [0.25, 0.3) is 0 Å². The van der Waals surface area contributed by atoms with Crippen molar-refractivity contribution >= 4 is 17.6 Å². The molecule has 0 radical (unpaired) electrons. The van der Waals surface area contributed by atoms with Gasteiger partial charge < -0.3 is 19.5 Å². The van der Waals surface area contributed by atoms with Gasteiger partial charge in [-0.3, -0.25) is 4.79 Å². The maximum absolute atomic E-state index is 13.3. The number of benzene rings is 1. The Labute approximate surface area is 169 Å². The average molecular weight is 427 g/mol. The summed E-state index contributed by atoms with van der Waals surface area (Å²) in [6, 6.07) is 3.32. The molecule has 30 heavy (non-hydrogen) atoms. The third kappa shape index (κ3) is 4.34. The molecule has 1 N–H and O–H groups in total. The van der Waals surface area contributed by atoms with Crippen molar-refractivity contribution in [1.29, 1.82) is 0 Å². The van der Waals surface area contributed by atoms with E-state index < -0.39 is 36.6 Å². The molecule has 2 atom stereocenters. The Morgan fingerprint density at radius 1 is 1.20 bits per heavy atom. The van der Waals surface area contributed by atoms with Gasteiger partial charge in [0.15, 0.2) is 35.6 Å². The van der Waals surface area contributed by atoms with E-state index >= 15 is 0 Å². The van der Waals surface area contributed by atoms with Gasteiger partial charge in [-0.15, -0.1) is 0 Å². The number of carbonyl (C=O) groups excluding carboxylic acids is 2. The highest BCUT2D eigenvalue weighted by atomic mass is 19.4. The monoisotopic (exact) mass is 427 g/mol. The first-order chi connectivity index (χ1) is 14.1. The number of carbonyl (C=O) groups is 2. The second kappa shape index (κ2) is 8.25. The molecule has 2 aromatic rings. The number of methoxy groups -OCH3 is 2. The van der Waals surface area contributed by atoms with E-state index in [9.17, 15) is 22.8 Å². The second-order valence-electron chi connectivity index (χ2n) is 6.77. The minimum Gasteiger partial charge on any atom is -0.493 e. The molecule has 0 saturated heterocycles. The number of nitrogens with zero attached hydrogens (tertiary/aromatic N) is 2. The van der Waals surface area contributed by atoms with Crippen LogP contribution in [0.5, 0.6) is 11.5 Å². The number of Topliss-reactive ketones (excluding diaryl/α,β-unsaturated/α-hetero) is 1. The summed E-state index contributed by atoms with van der Waals surface area (Å²) in [5.41, 5.74) is -0.0989.